The van der Waals surface area contributed by atoms with Gasteiger partial charge in [0.15, 0.2) is 5.82 Å². The molecule has 1 aromatic carbocycles. The second-order valence-electron chi connectivity index (χ2n) is 3.36. The molecule has 0 spiro atoms. The highest BCUT2D eigenvalue weighted by atomic mass is 19.1. The standard InChI is InChI=1S/C12H12FN3O/c1-14-11-5-6-15-12(16-11)9-7-8(13)3-4-10(9)17-2/h3-7H,1-2H3,(H,14,15,16). The van der Waals surface area contributed by atoms with Crippen LogP contribution in [0.25, 0.3) is 11.4 Å². The fourth-order valence-corrected chi connectivity index (χ4v) is 1.48. The van der Waals surface area contributed by atoms with Crippen molar-refractivity contribution in [3.05, 3.63) is 36.3 Å². The molecular weight excluding hydrogens is 221 g/mol. The van der Waals surface area contributed by atoms with Crippen LogP contribution in [-0.4, -0.2) is 24.1 Å². The van der Waals surface area contributed by atoms with Gasteiger partial charge >= 0.3 is 0 Å². The van der Waals surface area contributed by atoms with E-state index in [9.17, 15) is 4.39 Å². The molecule has 88 valence electrons. The molecule has 0 saturated carbocycles. The smallest absolute Gasteiger partial charge is 0.165 e. The number of ether oxygens (including phenoxy) is 1. The van der Waals surface area contributed by atoms with Gasteiger partial charge in [-0.1, -0.05) is 0 Å². The Morgan fingerprint density at radius 2 is 2.12 bits per heavy atom. The second kappa shape index (κ2) is 4.78. The van der Waals surface area contributed by atoms with Crippen molar-refractivity contribution in [1.82, 2.24) is 9.97 Å². The molecular formula is C12H12FN3O. The summed E-state index contributed by atoms with van der Waals surface area (Å²) < 4.78 is 18.4. The lowest BCUT2D eigenvalue weighted by Crippen LogP contribution is -1.97. The van der Waals surface area contributed by atoms with Gasteiger partial charge in [-0.2, -0.15) is 0 Å². The Hall–Kier alpha value is -2.17. The van der Waals surface area contributed by atoms with Crippen molar-refractivity contribution >= 4 is 5.82 Å². The van der Waals surface area contributed by atoms with Crippen molar-refractivity contribution in [3.8, 4) is 17.1 Å². The van der Waals surface area contributed by atoms with Gasteiger partial charge < -0.3 is 10.1 Å². The van der Waals surface area contributed by atoms with Crippen LogP contribution in [0.3, 0.4) is 0 Å². The highest BCUT2D eigenvalue weighted by Crippen LogP contribution is 2.28. The number of nitrogens with zero attached hydrogens (tertiary/aromatic N) is 2. The third kappa shape index (κ3) is 2.33. The van der Waals surface area contributed by atoms with E-state index in [1.54, 1.807) is 25.4 Å². The predicted octanol–water partition coefficient (Wildman–Crippen LogP) is 2.33. The third-order valence-corrected chi connectivity index (χ3v) is 2.31. The highest BCUT2D eigenvalue weighted by molar-refractivity contribution is 5.65. The Kier molecular flexibility index (Phi) is 3.18. The van der Waals surface area contributed by atoms with Crippen LogP contribution >= 0.6 is 0 Å². The first kappa shape index (κ1) is 11.3. The quantitative estimate of drug-likeness (QED) is 0.883. The van der Waals surface area contributed by atoms with Crippen molar-refractivity contribution in [3.63, 3.8) is 0 Å². The number of rotatable bonds is 3. The maximum atomic E-state index is 13.2. The Labute approximate surface area is 98.5 Å². The summed E-state index contributed by atoms with van der Waals surface area (Å²) in [6, 6.07) is 5.98. The summed E-state index contributed by atoms with van der Waals surface area (Å²) in [7, 11) is 3.29. The largest absolute Gasteiger partial charge is 0.496 e. The number of anilines is 1. The van der Waals surface area contributed by atoms with Crippen LogP contribution < -0.4 is 10.1 Å². The molecule has 1 heterocycles. The topological polar surface area (TPSA) is 47.0 Å². The van der Waals surface area contributed by atoms with Gasteiger partial charge in [-0.15, -0.1) is 0 Å². The van der Waals surface area contributed by atoms with Gasteiger partial charge in [0.1, 0.15) is 17.4 Å². The number of methoxy groups -OCH3 is 1. The van der Waals surface area contributed by atoms with Crippen LogP contribution in [0.2, 0.25) is 0 Å². The van der Waals surface area contributed by atoms with E-state index in [2.05, 4.69) is 15.3 Å². The predicted molar refractivity (Wildman–Crippen MR) is 63.5 cm³/mol. The average molecular weight is 233 g/mol. The van der Waals surface area contributed by atoms with E-state index >= 15 is 0 Å². The molecule has 0 aliphatic rings. The van der Waals surface area contributed by atoms with E-state index < -0.39 is 0 Å². The van der Waals surface area contributed by atoms with Gasteiger partial charge in [0.05, 0.1) is 12.7 Å². The van der Waals surface area contributed by atoms with Crippen molar-refractivity contribution < 1.29 is 9.13 Å². The maximum Gasteiger partial charge on any atom is 0.165 e. The summed E-state index contributed by atoms with van der Waals surface area (Å²) in [6.45, 7) is 0. The normalized spacial score (nSPS) is 10.1. The van der Waals surface area contributed by atoms with Crippen molar-refractivity contribution in [2.45, 2.75) is 0 Å². The monoisotopic (exact) mass is 233 g/mol. The summed E-state index contributed by atoms with van der Waals surface area (Å²) in [6.07, 6.45) is 1.61. The van der Waals surface area contributed by atoms with Crippen LogP contribution in [0.4, 0.5) is 10.2 Å². The Balaban J connectivity index is 2.54. The summed E-state index contributed by atoms with van der Waals surface area (Å²) >= 11 is 0. The molecule has 0 aliphatic heterocycles. The summed E-state index contributed by atoms with van der Waals surface area (Å²) in [5.41, 5.74) is 0.532. The minimum Gasteiger partial charge on any atom is -0.496 e. The van der Waals surface area contributed by atoms with Gasteiger partial charge in [-0.05, 0) is 24.3 Å². The Morgan fingerprint density at radius 3 is 2.82 bits per heavy atom. The van der Waals surface area contributed by atoms with Gasteiger partial charge in [-0.25, -0.2) is 14.4 Å². The van der Waals surface area contributed by atoms with Gasteiger partial charge in [-0.3, -0.25) is 0 Å². The molecule has 0 fully saturated rings. The lowest BCUT2D eigenvalue weighted by Gasteiger charge is -2.08. The van der Waals surface area contributed by atoms with Crippen LogP contribution in [0.15, 0.2) is 30.5 Å². The van der Waals surface area contributed by atoms with Gasteiger partial charge in [0.2, 0.25) is 0 Å². The maximum absolute atomic E-state index is 13.2. The summed E-state index contributed by atoms with van der Waals surface area (Å²) in [5, 5.41) is 2.90. The zero-order valence-corrected chi connectivity index (χ0v) is 9.57. The molecule has 1 aromatic heterocycles. The fourth-order valence-electron chi connectivity index (χ4n) is 1.48. The number of hydrogen-bond donors (Lipinski definition) is 1. The fraction of sp³-hybridized carbons (Fsp3) is 0.167. The summed E-state index contributed by atoms with van der Waals surface area (Å²) in [4.78, 5) is 8.35. The van der Waals surface area contributed by atoms with Crippen LogP contribution in [0, 0.1) is 5.82 Å². The first-order valence-electron chi connectivity index (χ1n) is 5.09. The number of hydrogen-bond acceptors (Lipinski definition) is 4. The average Bonchev–Trinajstić information content (AvgIpc) is 2.39. The molecule has 0 bridgehead atoms. The molecule has 5 heteroatoms. The number of benzene rings is 1. The molecule has 0 amide bonds. The molecule has 2 aromatic rings. The van der Waals surface area contributed by atoms with Crippen LogP contribution in [-0.2, 0) is 0 Å². The Morgan fingerprint density at radius 1 is 1.29 bits per heavy atom. The molecule has 1 N–H and O–H groups in total. The zero-order valence-electron chi connectivity index (χ0n) is 9.57. The van der Waals surface area contributed by atoms with E-state index in [4.69, 9.17) is 4.74 Å². The van der Waals surface area contributed by atoms with Gasteiger partial charge in [0.25, 0.3) is 0 Å². The molecule has 0 saturated heterocycles. The molecule has 17 heavy (non-hydrogen) atoms. The highest BCUT2D eigenvalue weighted by Gasteiger charge is 2.10. The van der Waals surface area contributed by atoms with Crippen molar-refractivity contribution in [2.24, 2.45) is 0 Å². The molecule has 2 rings (SSSR count). The lowest BCUT2D eigenvalue weighted by atomic mass is 10.2. The first-order chi connectivity index (χ1) is 8.24. The minimum absolute atomic E-state index is 0.348. The number of halogens is 1. The number of aromatic nitrogens is 2. The lowest BCUT2D eigenvalue weighted by molar-refractivity contribution is 0.415. The summed E-state index contributed by atoms with van der Waals surface area (Å²) in [5.74, 6) is 1.29. The number of nitrogens with one attached hydrogen (secondary N) is 1. The van der Waals surface area contributed by atoms with E-state index in [-0.39, 0.29) is 5.82 Å². The van der Waals surface area contributed by atoms with Crippen molar-refractivity contribution in [2.75, 3.05) is 19.5 Å². The van der Waals surface area contributed by atoms with Crippen LogP contribution in [0.1, 0.15) is 0 Å². The molecule has 0 unspecified atom stereocenters. The molecule has 0 radical (unpaired) electrons. The van der Waals surface area contributed by atoms with Crippen LogP contribution in [0.5, 0.6) is 5.75 Å². The van der Waals surface area contributed by atoms with E-state index in [0.29, 0.717) is 23.0 Å². The molecule has 0 aliphatic carbocycles. The van der Waals surface area contributed by atoms with E-state index in [0.717, 1.165) is 0 Å². The van der Waals surface area contributed by atoms with Gasteiger partial charge in [0, 0.05) is 13.2 Å². The SMILES string of the molecule is CNc1ccnc(-c2cc(F)ccc2OC)n1. The first-order valence-corrected chi connectivity index (χ1v) is 5.09. The third-order valence-electron chi connectivity index (χ3n) is 2.31. The molecule has 0 atom stereocenters. The van der Waals surface area contributed by atoms with Crippen molar-refractivity contribution in [1.29, 1.82) is 0 Å². The van der Waals surface area contributed by atoms with E-state index in [1.165, 1.54) is 19.2 Å². The second-order valence-corrected chi connectivity index (χ2v) is 3.36. The van der Waals surface area contributed by atoms with E-state index in [1.807, 2.05) is 0 Å². The Bertz CT molecular complexity index is 531. The zero-order chi connectivity index (χ0) is 12.3. The minimum atomic E-state index is -0.348. The molecule has 4 nitrogen and oxygen atoms in total.